The Morgan fingerprint density at radius 2 is 2.41 bits per heavy atom. The molecule has 0 bridgehead atoms. The van der Waals surface area contributed by atoms with Gasteiger partial charge in [-0.15, -0.1) is 0 Å². The molecule has 1 aromatic rings. The standard InChI is InChI=1S/C12H13FINOS/c13-8-3-4-10(11(14)6-8)12(16)15-7-9-2-1-5-17-9/h3-4,6,9H,1-2,5,7H2,(H,15,16). The number of halogens is 2. The molecule has 0 aromatic heterocycles. The molecule has 0 saturated carbocycles. The van der Waals surface area contributed by atoms with Crippen molar-refractivity contribution < 1.29 is 9.18 Å². The molecule has 1 N–H and O–H groups in total. The van der Waals surface area contributed by atoms with E-state index in [0.29, 0.717) is 20.9 Å². The zero-order chi connectivity index (χ0) is 12.3. The van der Waals surface area contributed by atoms with E-state index in [1.54, 1.807) is 0 Å². The normalized spacial score (nSPS) is 19.3. The summed E-state index contributed by atoms with van der Waals surface area (Å²) >= 11 is 3.89. The third-order valence-corrected chi connectivity index (χ3v) is 4.98. The summed E-state index contributed by atoms with van der Waals surface area (Å²) < 4.78 is 13.6. The Morgan fingerprint density at radius 3 is 3.06 bits per heavy atom. The summed E-state index contributed by atoms with van der Waals surface area (Å²) in [4.78, 5) is 11.9. The Morgan fingerprint density at radius 1 is 1.59 bits per heavy atom. The van der Waals surface area contributed by atoms with Gasteiger partial charge in [0.1, 0.15) is 5.82 Å². The second-order valence-corrected chi connectivity index (χ2v) is 6.54. The van der Waals surface area contributed by atoms with Gasteiger partial charge >= 0.3 is 0 Å². The number of hydrogen-bond acceptors (Lipinski definition) is 2. The molecular weight excluding hydrogens is 352 g/mol. The molecule has 92 valence electrons. The van der Waals surface area contributed by atoms with Gasteiger partial charge in [0.2, 0.25) is 0 Å². The summed E-state index contributed by atoms with van der Waals surface area (Å²) in [6.45, 7) is 0.705. The van der Waals surface area contributed by atoms with E-state index in [1.165, 1.54) is 36.8 Å². The van der Waals surface area contributed by atoms with Crippen LogP contribution in [0.3, 0.4) is 0 Å². The van der Waals surface area contributed by atoms with E-state index in [9.17, 15) is 9.18 Å². The Bertz CT molecular complexity index is 421. The number of rotatable bonds is 3. The van der Waals surface area contributed by atoms with E-state index in [2.05, 4.69) is 5.32 Å². The fraction of sp³-hybridized carbons (Fsp3) is 0.417. The van der Waals surface area contributed by atoms with Crippen molar-refractivity contribution in [3.05, 3.63) is 33.1 Å². The summed E-state index contributed by atoms with van der Waals surface area (Å²) in [5.41, 5.74) is 0.551. The molecule has 2 rings (SSSR count). The van der Waals surface area contributed by atoms with Gasteiger partial charge in [-0.2, -0.15) is 11.8 Å². The molecule has 1 atom stereocenters. The number of amides is 1. The Balaban J connectivity index is 1.94. The first-order chi connectivity index (χ1) is 8.16. The molecule has 5 heteroatoms. The highest BCUT2D eigenvalue weighted by atomic mass is 127. The summed E-state index contributed by atoms with van der Waals surface area (Å²) in [6, 6.07) is 4.23. The van der Waals surface area contributed by atoms with Crippen molar-refractivity contribution in [2.24, 2.45) is 0 Å². The van der Waals surface area contributed by atoms with Crippen molar-refractivity contribution in [1.29, 1.82) is 0 Å². The Hall–Kier alpha value is -0.300. The van der Waals surface area contributed by atoms with Crippen LogP contribution in [0.5, 0.6) is 0 Å². The molecule has 1 aliphatic rings. The molecule has 1 heterocycles. The van der Waals surface area contributed by atoms with Gasteiger partial charge in [-0.05, 0) is 59.4 Å². The number of benzene rings is 1. The van der Waals surface area contributed by atoms with Crippen LogP contribution in [-0.4, -0.2) is 23.5 Å². The smallest absolute Gasteiger partial charge is 0.252 e. The molecule has 0 spiro atoms. The number of carbonyl (C=O) groups excluding carboxylic acids is 1. The molecule has 2 nitrogen and oxygen atoms in total. The SMILES string of the molecule is O=C(NCC1CCCS1)c1ccc(F)cc1I. The lowest BCUT2D eigenvalue weighted by atomic mass is 10.2. The third-order valence-electron chi connectivity index (χ3n) is 2.69. The maximum Gasteiger partial charge on any atom is 0.252 e. The van der Waals surface area contributed by atoms with E-state index < -0.39 is 0 Å². The minimum atomic E-state index is -0.308. The second kappa shape index (κ2) is 6.04. The van der Waals surface area contributed by atoms with Gasteiger partial charge in [0.05, 0.1) is 5.56 Å². The number of carbonyl (C=O) groups is 1. The number of hydrogen-bond donors (Lipinski definition) is 1. The molecule has 1 fully saturated rings. The minimum Gasteiger partial charge on any atom is -0.351 e. The lowest BCUT2D eigenvalue weighted by Crippen LogP contribution is -2.30. The zero-order valence-electron chi connectivity index (χ0n) is 9.21. The predicted octanol–water partition coefficient (Wildman–Crippen LogP) is 3.06. The van der Waals surface area contributed by atoms with Crippen molar-refractivity contribution in [1.82, 2.24) is 5.32 Å². The molecule has 1 unspecified atom stereocenters. The van der Waals surface area contributed by atoms with Crippen molar-refractivity contribution in [3.63, 3.8) is 0 Å². The van der Waals surface area contributed by atoms with Crippen molar-refractivity contribution in [3.8, 4) is 0 Å². The average molecular weight is 365 g/mol. The van der Waals surface area contributed by atoms with Crippen molar-refractivity contribution in [2.45, 2.75) is 18.1 Å². The molecular formula is C12H13FINOS. The maximum atomic E-state index is 12.9. The van der Waals surface area contributed by atoms with E-state index in [1.807, 2.05) is 34.4 Å². The summed E-state index contributed by atoms with van der Waals surface area (Å²) in [6.07, 6.45) is 2.41. The molecule has 1 aliphatic heterocycles. The minimum absolute atomic E-state index is 0.109. The Kier molecular flexibility index (Phi) is 4.67. The monoisotopic (exact) mass is 365 g/mol. The molecule has 1 saturated heterocycles. The lowest BCUT2D eigenvalue weighted by Gasteiger charge is -2.11. The molecule has 0 aliphatic carbocycles. The van der Waals surface area contributed by atoms with Crippen LogP contribution in [0.15, 0.2) is 18.2 Å². The van der Waals surface area contributed by atoms with Crippen LogP contribution in [0.25, 0.3) is 0 Å². The van der Waals surface area contributed by atoms with Gasteiger partial charge in [0, 0.05) is 15.4 Å². The van der Waals surface area contributed by atoms with Gasteiger partial charge < -0.3 is 5.32 Å². The predicted molar refractivity (Wildman–Crippen MR) is 76.9 cm³/mol. The van der Waals surface area contributed by atoms with E-state index in [4.69, 9.17) is 0 Å². The van der Waals surface area contributed by atoms with Crippen molar-refractivity contribution in [2.75, 3.05) is 12.3 Å². The van der Waals surface area contributed by atoms with Gasteiger partial charge in [0.15, 0.2) is 0 Å². The first-order valence-electron chi connectivity index (χ1n) is 5.51. The number of thioether (sulfide) groups is 1. The van der Waals surface area contributed by atoms with Gasteiger partial charge in [-0.1, -0.05) is 0 Å². The highest BCUT2D eigenvalue weighted by Crippen LogP contribution is 2.25. The van der Waals surface area contributed by atoms with Crippen LogP contribution in [0, 0.1) is 9.39 Å². The lowest BCUT2D eigenvalue weighted by molar-refractivity contribution is 0.0953. The van der Waals surface area contributed by atoms with Gasteiger partial charge in [-0.3, -0.25) is 4.79 Å². The average Bonchev–Trinajstić information content (AvgIpc) is 2.78. The topological polar surface area (TPSA) is 29.1 Å². The van der Waals surface area contributed by atoms with Crippen molar-refractivity contribution >= 4 is 40.3 Å². The van der Waals surface area contributed by atoms with Crippen LogP contribution in [0.4, 0.5) is 4.39 Å². The number of nitrogens with one attached hydrogen (secondary N) is 1. The maximum absolute atomic E-state index is 12.9. The van der Waals surface area contributed by atoms with Crippen LogP contribution < -0.4 is 5.32 Å². The van der Waals surface area contributed by atoms with E-state index in [-0.39, 0.29) is 11.7 Å². The van der Waals surface area contributed by atoms with E-state index >= 15 is 0 Å². The highest BCUT2D eigenvalue weighted by Gasteiger charge is 2.17. The fourth-order valence-electron chi connectivity index (χ4n) is 1.78. The van der Waals surface area contributed by atoms with Gasteiger partial charge in [-0.25, -0.2) is 4.39 Å². The molecule has 0 radical (unpaired) electrons. The van der Waals surface area contributed by atoms with Gasteiger partial charge in [0.25, 0.3) is 5.91 Å². The molecule has 1 aromatic carbocycles. The van der Waals surface area contributed by atoms with Crippen LogP contribution in [0.2, 0.25) is 0 Å². The van der Waals surface area contributed by atoms with Crippen LogP contribution in [0.1, 0.15) is 23.2 Å². The van der Waals surface area contributed by atoms with Crippen LogP contribution in [-0.2, 0) is 0 Å². The quantitative estimate of drug-likeness (QED) is 0.835. The summed E-state index contributed by atoms with van der Waals surface area (Å²) in [7, 11) is 0. The summed E-state index contributed by atoms with van der Waals surface area (Å²) in [5.74, 6) is 0.772. The largest absolute Gasteiger partial charge is 0.351 e. The molecule has 1 amide bonds. The zero-order valence-corrected chi connectivity index (χ0v) is 12.2. The Labute approximate surface area is 118 Å². The summed E-state index contributed by atoms with van der Waals surface area (Å²) in [5, 5.41) is 3.45. The third kappa shape index (κ3) is 3.58. The molecule has 17 heavy (non-hydrogen) atoms. The first kappa shape index (κ1) is 13.1. The van der Waals surface area contributed by atoms with E-state index in [0.717, 1.165) is 0 Å². The van der Waals surface area contributed by atoms with Crippen LogP contribution >= 0.6 is 34.4 Å². The second-order valence-electron chi connectivity index (χ2n) is 3.97. The highest BCUT2D eigenvalue weighted by molar-refractivity contribution is 14.1. The first-order valence-corrected chi connectivity index (χ1v) is 7.64. The fourth-order valence-corrected chi connectivity index (χ4v) is 3.70.